The number of carbonyl (C=O) groups is 1. The van der Waals surface area contributed by atoms with Crippen LogP contribution in [0.25, 0.3) is 10.9 Å². The van der Waals surface area contributed by atoms with Crippen molar-refractivity contribution >= 4 is 26.8 Å². The predicted octanol–water partition coefficient (Wildman–Crippen LogP) is 3.49. The summed E-state index contributed by atoms with van der Waals surface area (Å²) in [5.74, 6) is 0.0211. The van der Waals surface area contributed by atoms with E-state index in [1.165, 1.54) is 6.07 Å². The minimum Gasteiger partial charge on any atom is -0.488 e. The van der Waals surface area contributed by atoms with E-state index in [2.05, 4.69) is 9.71 Å². The van der Waals surface area contributed by atoms with Gasteiger partial charge in [-0.1, -0.05) is 23.8 Å². The summed E-state index contributed by atoms with van der Waals surface area (Å²) in [7, 11) is -2.50. The topological polar surface area (TPSA) is 94.6 Å². The third-order valence-electron chi connectivity index (χ3n) is 5.69. The van der Waals surface area contributed by atoms with Crippen LogP contribution in [-0.4, -0.2) is 39.1 Å². The third-order valence-corrected chi connectivity index (χ3v) is 7.08. The van der Waals surface area contributed by atoms with Crippen LogP contribution >= 0.6 is 0 Å². The molecule has 1 aliphatic carbocycles. The molecule has 0 spiro atoms. The molecule has 1 N–H and O–H groups in total. The fourth-order valence-corrected chi connectivity index (χ4v) is 5.20. The Labute approximate surface area is 187 Å². The van der Waals surface area contributed by atoms with E-state index in [4.69, 9.17) is 9.47 Å². The van der Waals surface area contributed by atoms with Gasteiger partial charge in [0.15, 0.2) is 0 Å². The van der Waals surface area contributed by atoms with Crippen LogP contribution in [0, 0.1) is 6.92 Å². The van der Waals surface area contributed by atoms with Crippen LogP contribution in [0.2, 0.25) is 0 Å². The number of carbonyl (C=O) groups excluding carboxylic acids is 1. The van der Waals surface area contributed by atoms with Crippen LogP contribution in [0.15, 0.2) is 59.6 Å². The molecule has 2 aromatic carbocycles. The highest BCUT2D eigenvalue weighted by Crippen LogP contribution is 2.52. The molecule has 1 heterocycles. The second-order valence-electron chi connectivity index (χ2n) is 8.23. The maximum absolute atomic E-state index is 13.3. The lowest BCUT2D eigenvalue weighted by Crippen LogP contribution is -2.39. The number of nitrogens with zero attached hydrogens (tertiary/aromatic N) is 1. The van der Waals surface area contributed by atoms with Crippen molar-refractivity contribution in [2.24, 2.45) is 0 Å². The summed E-state index contributed by atoms with van der Waals surface area (Å²) in [6.45, 7) is 4.21. The Kier molecular flexibility index (Phi) is 5.92. The highest BCUT2D eigenvalue weighted by atomic mass is 32.2. The van der Waals surface area contributed by atoms with Crippen LogP contribution in [0.3, 0.4) is 0 Å². The van der Waals surface area contributed by atoms with Crippen LogP contribution in [-0.2, 0) is 25.0 Å². The number of sulfonamides is 1. The van der Waals surface area contributed by atoms with E-state index in [1.54, 1.807) is 37.6 Å². The first-order valence-electron chi connectivity index (χ1n) is 10.4. The fourth-order valence-electron chi connectivity index (χ4n) is 3.93. The van der Waals surface area contributed by atoms with Crippen LogP contribution in [0.5, 0.6) is 5.75 Å². The van der Waals surface area contributed by atoms with Gasteiger partial charge in [0.2, 0.25) is 5.91 Å². The van der Waals surface area contributed by atoms with E-state index < -0.39 is 21.3 Å². The van der Waals surface area contributed by atoms with Gasteiger partial charge in [-0.15, -0.1) is 0 Å². The Morgan fingerprint density at radius 3 is 2.69 bits per heavy atom. The molecular weight excluding hydrogens is 428 g/mol. The average molecular weight is 455 g/mol. The molecule has 4 rings (SSSR count). The van der Waals surface area contributed by atoms with Crippen molar-refractivity contribution in [2.75, 3.05) is 13.7 Å². The second-order valence-corrected chi connectivity index (χ2v) is 9.88. The summed E-state index contributed by atoms with van der Waals surface area (Å²) in [5, 5.41) is 0.466. The van der Waals surface area contributed by atoms with Crippen LogP contribution < -0.4 is 9.46 Å². The Hall–Kier alpha value is -2.97. The molecule has 1 fully saturated rings. The zero-order valence-electron chi connectivity index (χ0n) is 18.3. The zero-order valence-corrected chi connectivity index (χ0v) is 19.1. The minimum absolute atomic E-state index is 0.0293. The molecule has 1 aliphatic rings. The number of hydrogen-bond donors (Lipinski definition) is 1. The van der Waals surface area contributed by atoms with Gasteiger partial charge in [-0.3, -0.25) is 9.78 Å². The lowest BCUT2D eigenvalue weighted by molar-refractivity contribution is -0.121. The molecule has 1 amide bonds. The summed E-state index contributed by atoms with van der Waals surface area (Å²) in [4.78, 5) is 17.6. The molecule has 168 valence electrons. The normalized spacial score (nSPS) is 15.8. The number of aromatic nitrogens is 1. The minimum atomic E-state index is -4.09. The van der Waals surface area contributed by atoms with Gasteiger partial charge in [-0.25, -0.2) is 13.1 Å². The number of fused-ring (bicyclic) bond motifs is 1. The standard InChI is InChI=1S/C24H26N2O5S/c1-16-9-10-21(31-17(2)15-30-3)19(14-16)24(11-12-24)23(27)26-32(28,29)22-8-4-7-20-18(22)6-5-13-25-20/h4-10,13-14,17H,11-12,15H2,1-3H3,(H,26,27)/t17-/m1/s1. The number of methoxy groups -OCH3 is 1. The first-order valence-corrected chi connectivity index (χ1v) is 11.9. The molecule has 1 atom stereocenters. The van der Waals surface area contributed by atoms with E-state index in [0.717, 1.165) is 5.56 Å². The number of benzene rings is 2. The highest BCUT2D eigenvalue weighted by molar-refractivity contribution is 7.90. The first kappa shape index (κ1) is 22.2. The Morgan fingerprint density at radius 1 is 1.19 bits per heavy atom. The van der Waals surface area contributed by atoms with E-state index in [1.807, 2.05) is 32.0 Å². The number of rotatable bonds is 8. The molecule has 0 radical (unpaired) electrons. The molecule has 7 nitrogen and oxygen atoms in total. The SMILES string of the molecule is COC[C@@H](C)Oc1ccc(C)cc1C1(C(=O)NS(=O)(=O)c2cccc3ncccc23)CC1. The van der Waals surface area contributed by atoms with E-state index in [0.29, 0.717) is 41.7 Å². The van der Waals surface area contributed by atoms with Crippen molar-refractivity contribution in [3.63, 3.8) is 0 Å². The van der Waals surface area contributed by atoms with Gasteiger partial charge in [0, 0.05) is 24.3 Å². The lowest BCUT2D eigenvalue weighted by atomic mass is 9.93. The van der Waals surface area contributed by atoms with Crippen molar-refractivity contribution in [3.05, 3.63) is 65.9 Å². The largest absolute Gasteiger partial charge is 0.488 e. The van der Waals surface area contributed by atoms with Gasteiger partial charge < -0.3 is 9.47 Å². The van der Waals surface area contributed by atoms with Crippen molar-refractivity contribution < 1.29 is 22.7 Å². The Bertz CT molecular complexity index is 1260. The zero-order chi connectivity index (χ0) is 22.9. The lowest BCUT2D eigenvalue weighted by Gasteiger charge is -2.22. The number of amides is 1. The summed E-state index contributed by atoms with van der Waals surface area (Å²) < 4.78 is 39.8. The van der Waals surface area contributed by atoms with Crippen molar-refractivity contribution in [3.8, 4) is 5.75 Å². The van der Waals surface area contributed by atoms with Gasteiger partial charge in [-0.2, -0.15) is 0 Å². The monoisotopic (exact) mass is 454 g/mol. The molecule has 1 aromatic heterocycles. The molecule has 1 saturated carbocycles. The molecule has 0 aliphatic heterocycles. The molecule has 0 unspecified atom stereocenters. The van der Waals surface area contributed by atoms with Gasteiger partial charge in [0.05, 0.1) is 22.4 Å². The summed E-state index contributed by atoms with van der Waals surface area (Å²) in [5.41, 5.74) is 1.27. The van der Waals surface area contributed by atoms with E-state index >= 15 is 0 Å². The molecule has 32 heavy (non-hydrogen) atoms. The average Bonchev–Trinajstić information content (AvgIpc) is 3.56. The van der Waals surface area contributed by atoms with Gasteiger partial charge in [-0.05, 0) is 57.0 Å². The van der Waals surface area contributed by atoms with Crippen LogP contribution in [0.1, 0.15) is 30.9 Å². The van der Waals surface area contributed by atoms with Gasteiger partial charge >= 0.3 is 0 Å². The summed E-state index contributed by atoms with van der Waals surface area (Å²) in [6.07, 6.45) is 2.47. The fraction of sp³-hybridized carbons (Fsp3) is 0.333. The highest BCUT2D eigenvalue weighted by Gasteiger charge is 2.54. The number of ether oxygens (including phenoxy) is 2. The van der Waals surface area contributed by atoms with E-state index in [-0.39, 0.29) is 11.0 Å². The maximum Gasteiger partial charge on any atom is 0.264 e. The number of hydrogen-bond acceptors (Lipinski definition) is 6. The molecule has 0 saturated heterocycles. The summed E-state index contributed by atoms with van der Waals surface area (Å²) >= 11 is 0. The predicted molar refractivity (Wildman–Crippen MR) is 121 cm³/mol. The number of pyridine rings is 1. The van der Waals surface area contributed by atoms with Gasteiger partial charge in [0.25, 0.3) is 10.0 Å². The molecule has 0 bridgehead atoms. The molecule has 8 heteroatoms. The van der Waals surface area contributed by atoms with Gasteiger partial charge in [0.1, 0.15) is 11.9 Å². The van der Waals surface area contributed by atoms with Crippen molar-refractivity contribution in [2.45, 2.75) is 43.1 Å². The van der Waals surface area contributed by atoms with E-state index in [9.17, 15) is 13.2 Å². The summed E-state index contributed by atoms with van der Waals surface area (Å²) in [6, 6.07) is 13.8. The third kappa shape index (κ3) is 4.20. The molecular formula is C24H26N2O5S. The number of aryl methyl sites for hydroxylation is 1. The number of nitrogens with one attached hydrogen (secondary N) is 1. The van der Waals surface area contributed by atoms with Crippen molar-refractivity contribution in [1.29, 1.82) is 0 Å². The Balaban J connectivity index is 1.66. The quantitative estimate of drug-likeness (QED) is 0.560. The Morgan fingerprint density at radius 2 is 1.97 bits per heavy atom. The first-order chi connectivity index (χ1) is 15.3. The van der Waals surface area contributed by atoms with Crippen molar-refractivity contribution in [1.82, 2.24) is 9.71 Å². The molecule has 3 aromatic rings. The smallest absolute Gasteiger partial charge is 0.264 e. The van der Waals surface area contributed by atoms with Crippen LogP contribution in [0.4, 0.5) is 0 Å². The maximum atomic E-state index is 13.3. The second kappa shape index (κ2) is 8.52.